The van der Waals surface area contributed by atoms with Crippen LogP contribution in [0.25, 0.3) is 6.08 Å². The Morgan fingerprint density at radius 1 is 1.27 bits per heavy atom. The van der Waals surface area contributed by atoms with E-state index in [1.54, 1.807) is 35.8 Å². The highest BCUT2D eigenvalue weighted by Crippen LogP contribution is 2.30. The number of halogens is 1. The van der Waals surface area contributed by atoms with Gasteiger partial charge >= 0.3 is 5.97 Å². The van der Waals surface area contributed by atoms with E-state index in [2.05, 4.69) is 20.9 Å². The standard InChI is InChI=1S/C22H17BrN2O4S/c1-12-18(21(28)29-2)19(14-6-4-3-5-7-14)25-20(27)17(30-22(25)24-12)11-13-8-9-16(26)15(23)10-13/h3-11,19,26H,1-2H3/b17-11-/t19-/m1/s1. The minimum absolute atomic E-state index is 0.121. The van der Waals surface area contributed by atoms with Crippen LogP contribution in [0.4, 0.5) is 0 Å². The second-order valence-electron chi connectivity index (χ2n) is 6.69. The molecule has 0 radical (unpaired) electrons. The van der Waals surface area contributed by atoms with Crippen LogP contribution >= 0.6 is 27.3 Å². The fraction of sp³-hybridized carbons (Fsp3) is 0.136. The first-order valence-corrected chi connectivity index (χ1v) is 10.7. The number of hydrogen-bond acceptors (Lipinski definition) is 6. The predicted molar refractivity (Wildman–Crippen MR) is 118 cm³/mol. The number of aromatic nitrogens is 1. The molecule has 8 heteroatoms. The molecule has 2 heterocycles. The normalized spacial score (nSPS) is 16.2. The predicted octanol–water partition coefficient (Wildman–Crippen LogP) is 2.88. The summed E-state index contributed by atoms with van der Waals surface area (Å²) in [5, 5.41) is 9.70. The Morgan fingerprint density at radius 3 is 2.67 bits per heavy atom. The van der Waals surface area contributed by atoms with Gasteiger partial charge in [-0.3, -0.25) is 9.36 Å². The molecule has 0 amide bonds. The largest absolute Gasteiger partial charge is 0.507 e. The van der Waals surface area contributed by atoms with Gasteiger partial charge in [0.05, 0.1) is 33.4 Å². The molecule has 152 valence electrons. The number of phenolic OH excluding ortho intramolecular Hbond substituents is 1. The Kier molecular flexibility index (Phi) is 5.44. The van der Waals surface area contributed by atoms with E-state index in [-0.39, 0.29) is 11.3 Å². The SMILES string of the molecule is COC(=O)C1=C(C)N=c2s/c(=C\c3ccc(O)c(Br)c3)c(=O)n2[C@@H]1c1ccccc1. The van der Waals surface area contributed by atoms with Gasteiger partial charge in [0.15, 0.2) is 4.80 Å². The zero-order valence-corrected chi connectivity index (χ0v) is 18.5. The molecule has 1 aliphatic rings. The van der Waals surface area contributed by atoms with Crippen LogP contribution in [0.1, 0.15) is 24.1 Å². The number of phenols is 1. The lowest BCUT2D eigenvalue weighted by Crippen LogP contribution is -2.39. The molecule has 4 rings (SSSR count). The van der Waals surface area contributed by atoms with Gasteiger partial charge in [-0.2, -0.15) is 0 Å². The van der Waals surface area contributed by atoms with E-state index in [9.17, 15) is 14.7 Å². The number of aromatic hydroxyl groups is 1. The number of ether oxygens (including phenoxy) is 1. The maximum absolute atomic E-state index is 13.4. The van der Waals surface area contributed by atoms with E-state index >= 15 is 0 Å². The van der Waals surface area contributed by atoms with Crippen LogP contribution < -0.4 is 14.9 Å². The molecular weight excluding hydrogens is 468 g/mol. The second kappa shape index (κ2) is 8.04. The molecule has 1 aliphatic heterocycles. The first-order valence-electron chi connectivity index (χ1n) is 9.05. The fourth-order valence-electron chi connectivity index (χ4n) is 3.41. The maximum atomic E-state index is 13.4. The molecule has 2 aromatic carbocycles. The summed E-state index contributed by atoms with van der Waals surface area (Å²) in [6, 6.07) is 13.7. The second-order valence-corrected chi connectivity index (χ2v) is 8.56. The number of carbonyl (C=O) groups is 1. The van der Waals surface area contributed by atoms with Crippen molar-refractivity contribution < 1.29 is 14.6 Å². The molecule has 0 bridgehead atoms. The summed E-state index contributed by atoms with van der Waals surface area (Å²) >= 11 is 4.54. The summed E-state index contributed by atoms with van der Waals surface area (Å²) in [5.74, 6) is -0.391. The minimum Gasteiger partial charge on any atom is -0.507 e. The van der Waals surface area contributed by atoms with Crippen LogP contribution in [0.5, 0.6) is 5.75 Å². The molecule has 1 aromatic heterocycles. The number of carbonyl (C=O) groups excluding carboxylic acids is 1. The van der Waals surface area contributed by atoms with E-state index in [1.165, 1.54) is 18.4 Å². The van der Waals surface area contributed by atoms with E-state index in [1.807, 2.05) is 30.3 Å². The molecular formula is C22H17BrN2O4S. The molecule has 0 unspecified atom stereocenters. The topological polar surface area (TPSA) is 80.9 Å². The highest BCUT2D eigenvalue weighted by atomic mass is 79.9. The molecule has 1 N–H and O–H groups in total. The van der Waals surface area contributed by atoms with Crippen LogP contribution in [0.2, 0.25) is 0 Å². The van der Waals surface area contributed by atoms with Crippen molar-refractivity contribution in [1.29, 1.82) is 0 Å². The van der Waals surface area contributed by atoms with Crippen LogP contribution in [0.3, 0.4) is 0 Å². The van der Waals surface area contributed by atoms with E-state index < -0.39 is 12.0 Å². The molecule has 6 nitrogen and oxygen atoms in total. The molecule has 0 aliphatic carbocycles. The number of hydrogen-bond donors (Lipinski definition) is 1. The first kappa shape index (κ1) is 20.3. The van der Waals surface area contributed by atoms with E-state index in [4.69, 9.17) is 4.74 Å². The summed E-state index contributed by atoms with van der Waals surface area (Å²) in [7, 11) is 1.32. The van der Waals surface area contributed by atoms with Crippen LogP contribution in [0, 0.1) is 0 Å². The molecule has 0 fully saturated rings. The quantitative estimate of drug-likeness (QED) is 0.579. The molecule has 3 aromatic rings. The molecule has 0 saturated heterocycles. The van der Waals surface area contributed by atoms with Crippen molar-refractivity contribution in [2.24, 2.45) is 4.99 Å². The number of fused-ring (bicyclic) bond motifs is 1. The average Bonchev–Trinajstić information content (AvgIpc) is 3.04. The van der Waals surface area contributed by atoms with Crippen LogP contribution in [-0.2, 0) is 9.53 Å². The Balaban J connectivity index is 1.97. The van der Waals surface area contributed by atoms with Gasteiger partial charge in [0.25, 0.3) is 5.56 Å². The zero-order chi connectivity index (χ0) is 21.4. The summed E-state index contributed by atoms with van der Waals surface area (Å²) in [6.07, 6.45) is 1.74. The van der Waals surface area contributed by atoms with E-state index in [0.717, 1.165) is 11.1 Å². The Labute approximate surface area is 184 Å². The third-order valence-corrected chi connectivity index (χ3v) is 6.43. The fourth-order valence-corrected chi connectivity index (χ4v) is 4.85. The first-order chi connectivity index (χ1) is 14.4. The van der Waals surface area contributed by atoms with Crippen molar-refractivity contribution in [2.45, 2.75) is 13.0 Å². The van der Waals surface area contributed by atoms with E-state index in [0.29, 0.717) is 25.1 Å². The van der Waals surface area contributed by atoms with Crippen molar-refractivity contribution in [3.63, 3.8) is 0 Å². The van der Waals surface area contributed by atoms with Crippen LogP contribution in [-0.4, -0.2) is 22.8 Å². The number of benzene rings is 2. The summed E-state index contributed by atoms with van der Waals surface area (Å²) in [4.78, 5) is 31.0. The number of thiazole rings is 1. The smallest absolute Gasteiger partial charge is 0.338 e. The third kappa shape index (κ3) is 3.53. The lowest BCUT2D eigenvalue weighted by molar-refractivity contribution is -0.136. The minimum atomic E-state index is -0.622. The Bertz CT molecular complexity index is 1360. The Morgan fingerprint density at radius 2 is 2.00 bits per heavy atom. The number of methoxy groups -OCH3 is 1. The highest BCUT2D eigenvalue weighted by molar-refractivity contribution is 9.10. The summed E-state index contributed by atoms with van der Waals surface area (Å²) < 4.78 is 7.55. The number of rotatable bonds is 3. The number of esters is 1. The van der Waals surface area contributed by atoms with Gasteiger partial charge in [-0.25, -0.2) is 9.79 Å². The highest BCUT2D eigenvalue weighted by Gasteiger charge is 2.32. The Hall–Kier alpha value is -2.97. The van der Waals surface area contributed by atoms with Crippen molar-refractivity contribution in [2.75, 3.05) is 7.11 Å². The van der Waals surface area contributed by atoms with Gasteiger partial charge in [0.2, 0.25) is 0 Å². The third-order valence-electron chi connectivity index (χ3n) is 4.81. The lowest BCUT2D eigenvalue weighted by atomic mass is 9.96. The van der Waals surface area contributed by atoms with Gasteiger partial charge < -0.3 is 9.84 Å². The van der Waals surface area contributed by atoms with Crippen LogP contribution in [0.15, 0.2) is 74.1 Å². The average molecular weight is 485 g/mol. The van der Waals surface area contributed by atoms with Gasteiger partial charge in [-0.1, -0.05) is 47.7 Å². The maximum Gasteiger partial charge on any atom is 0.338 e. The van der Waals surface area contributed by atoms with Gasteiger partial charge in [0, 0.05) is 0 Å². The summed E-state index contributed by atoms with van der Waals surface area (Å²) in [5.41, 5.74) is 2.17. The van der Waals surface area contributed by atoms with Crippen molar-refractivity contribution >= 4 is 39.3 Å². The summed E-state index contributed by atoms with van der Waals surface area (Å²) in [6.45, 7) is 1.75. The molecule has 0 spiro atoms. The van der Waals surface area contributed by atoms with Crippen molar-refractivity contribution in [3.8, 4) is 5.75 Å². The number of nitrogens with zero attached hydrogens (tertiary/aromatic N) is 2. The lowest BCUT2D eigenvalue weighted by Gasteiger charge is -2.24. The van der Waals surface area contributed by atoms with Crippen molar-refractivity contribution in [3.05, 3.63) is 95.1 Å². The molecule has 0 saturated carbocycles. The van der Waals surface area contributed by atoms with Gasteiger partial charge in [-0.05, 0) is 52.2 Å². The monoisotopic (exact) mass is 484 g/mol. The zero-order valence-electron chi connectivity index (χ0n) is 16.1. The number of allylic oxidation sites excluding steroid dienone is 1. The van der Waals surface area contributed by atoms with Gasteiger partial charge in [-0.15, -0.1) is 0 Å². The van der Waals surface area contributed by atoms with Crippen molar-refractivity contribution in [1.82, 2.24) is 4.57 Å². The molecule has 1 atom stereocenters. The molecule has 30 heavy (non-hydrogen) atoms. The van der Waals surface area contributed by atoms with Gasteiger partial charge in [0.1, 0.15) is 5.75 Å².